The number of hydrogen-bond acceptors (Lipinski definition) is 5. The molecule has 2 heterocycles. The normalized spacial score (nSPS) is 21.0. The molecule has 0 bridgehead atoms. The Kier molecular flexibility index (Phi) is 5.89. The van der Waals surface area contributed by atoms with E-state index in [0.29, 0.717) is 25.0 Å². The summed E-state index contributed by atoms with van der Waals surface area (Å²) in [5, 5.41) is 0. The molecule has 0 saturated carbocycles. The van der Waals surface area contributed by atoms with Crippen molar-refractivity contribution < 1.29 is 19.1 Å². The van der Waals surface area contributed by atoms with Crippen LogP contribution in [-0.2, 0) is 14.3 Å². The van der Waals surface area contributed by atoms with Gasteiger partial charge in [-0.25, -0.2) is 4.79 Å². The van der Waals surface area contributed by atoms with Crippen LogP contribution in [0.15, 0.2) is 0 Å². The predicted molar refractivity (Wildman–Crippen MR) is 87.1 cm³/mol. The maximum Gasteiger partial charge on any atom is 0.410 e. The summed E-state index contributed by atoms with van der Waals surface area (Å²) in [5.74, 6) is 0.359. The molecular formula is C17H30N2O4. The first-order chi connectivity index (χ1) is 10.8. The van der Waals surface area contributed by atoms with Gasteiger partial charge in [-0.3, -0.25) is 9.69 Å². The number of piperidine rings is 1. The van der Waals surface area contributed by atoms with Gasteiger partial charge in [0.25, 0.3) is 0 Å². The Bertz CT molecular complexity index is 419. The summed E-state index contributed by atoms with van der Waals surface area (Å²) in [6.45, 7) is 11.4. The number of amides is 1. The maximum absolute atomic E-state index is 11.9. The van der Waals surface area contributed by atoms with Crippen molar-refractivity contribution in [1.82, 2.24) is 9.80 Å². The first-order valence-electron chi connectivity index (χ1n) is 8.66. The van der Waals surface area contributed by atoms with Gasteiger partial charge < -0.3 is 14.4 Å². The molecule has 6 heteroatoms. The SMILES string of the molecule is CCOC(=O)CC1CCN(C2CN(C(=O)OC(C)(C)C)C2)CC1. The average Bonchev–Trinajstić information content (AvgIpc) is 2.37. The molecule has 23 heavy (non-hydrogen) atoms. The monoisotopic (exact) mass is 326 g/mol. The number of carbonyl (C=O) groups is 2. The summed E-state index contributed by atoms with van der Waals surface area (Å²) in [4.78, 5) is 27.7. The minimum Gasteiger partial charge on any atom is -0.466 e. The zero-order valence-electron chi connectivity index (χ0n) is 14.8. The van der Waals surface area contributed by atoms with Crippen LogP contribution in [0.25, 0.3) is 0 Å². The summed E-state index contributed by atoms with van der Waals surface area (Å²) in [6, 6.07) is 0.436. The molecule has 0 aromatic carbocycles. The van der Waals surface area contributed by atoms with Gasteiger partial charge in [-0.2, -0.15) is 0 Å². The first kappa shape index (κ1) is 18.0. The summed E-state index contributed by atoms with van der Waals surface area (Å²) in [6.07, 6.45) is 2.38. The lowest BCUT2D eigenvalue weighted by atomic mass is 9.92. The van der Waals surface area contributed by atoms with Crippen molar-refractivity contribution in [2.45, 2.75) is 58.6 Å². The van der Waals surface area contributed by atoms with Gasteiger partial charge in [-0.05, 0) is 59.5 Å². The molecular weight excluding hydrogens is 296 g/mol. The number of likely N-dealkylation sites (tertiary alicyclic amines) is 2. The largest absolute Gasteiger partial charge is 0.466 e. The molecule has 132 valence electrons. The van der Waals surface area contributed by atoms with Crippen molar-refractivity contribution >= 4 is 12.1 Å². The molecule has 6 nitrogen and oxygen atoms in total. The second-order valence-electron chi connectivity index (χ2n) is 7.53. The maximum atomic E-state index is 11.9. The highest BCUT2D eigenvalue weighted by molar-refractivity contribution is 5.70. The Morgan fingerprint density at radius 2 is 1.74 bits per heavy atom. The summed E-state index contributed by atoms with van der Waals surface area (Å²) in [7, 11) is 0. The quantitative estimate of drug-likeness (QED) is 0.742. The van der Waals surface area contributed by atoms with Crippen molar-refractivity contribution in [3.05, 3.63) is 0 Å². The molecule has 0 aromatic rings. The Hall–Kier alpha value is -1.30. The summed E-state index contributed by atoms with van der Waals surface area (Å²) >= 11 is 0. The second kappa shape index (κ2) is 7.51. The van der Waals surface area contributed by atoms with Gasteiger partial charge in [0, 0.05) is 25.6 Å². The molecule has 0 unspecified atom stereocenters. The molecule has 0 aromatic heterocycles. The Morgan fingerprint density at radius 3 is 2.26 bits per heavy atom. The third-order valence-electron chi connectivity index (χ3n) is 4.44. The number of rotatable bonds is 4. The van der Waals surface area contributed by atoms with Gasteiger partial charge in [0.05, 0.1) is 6.61 Å². The fourth-order valence-electron chi connectivity index (χ4n) is 3.14. The standard InChI is InChI=1S/C17H30N2O4/c1-5-22-15(20)10-13-6-8-18(9-7-13)14-11-19(12-14)16(21)23-17(2,3)4/h13-14H,5-12H2,1-4H3. The van der Waals surface area contributed by atoms with E-state index in [-0.39, 0.29) is 12.1 Å². The minimum atomic E-state index is -0.437. The topological polar surface area (TPSA) is 59.1 Å². The number of hydrogen-bond donors (Lipinski definition) is 0. The number of nitrogens with zero attached hydrogens (tertiary/aromatic N) is 2. The molecule has 0 atom stereocenters. The molecule has 2 aliphatic heterocycles. The summed E-state index contributed by atoms with van der Waals surface area (Å²) < 4.78 is 10.4. The lowest BCUT2D eigenvalue weighted by Crippen LogP contribution is -2.62. The molecule has 2 fully saturated rings. The predicted octanol–water partition coefficient (Wildman–Crippen LogP) is 2.27. The smallest absolute Gasteiger partial charge is 0.410 e. The van der Waals surface area contributed by atoms with Crippen LogP contribution in [-0.4, -0.2) is 66.3 Å². The Morgan fingerprint density at radius 1 is 1.13 bits per heavy atom. The number of esters is 1. The highest BCUT2D eigenvalue weighted by atomic mass is 16.6. The van der Waals surface area contributed by atoms with E-state index >= 15 is 0 Å². The molecule has 0 aliphatic carbocycles. The van der Waals surface area contributed by atoms with E-state index in [1.54, 1.807) is 4.90 Å². The minimum absolute atomic E-state index is 0.0781. The van der Waals surface area contributed by atoms with Crippen LogP contribution in [0.5, 0.6) is 0 Å². The fourth-order valence-corrected chi connectivity index (χ4v) is 3.14. The van der Waals surface area contributed by atoms with Crippen LogP contribution in [0, 0.1) is 5.92 Å². The van der Waals surface area contributed by atoms with E-state index in [1.165, 1.54) is 0 Å². The van der Waals surface area contributed by atoms with Crippen molar-refractivity contribution in [2.75, 3.05) is 32.8 Å². The van der Waals surface area contributed by atoms with Crippen molar-refractivity contribution in [1.29, 1.82) is 0 Å². The van der Waals surface area contributed by atoms with Gasteiger partial charge >= 0.3 is 12.1 Å². The van der Waals surface area contributed by atoms with Crippen molar-refractivity contribution in [3.8, 4) is 0 Å². The van der Waals surface area contributed by atoms with E-state index in [1.807, 2.05) is 27.7 Å². The van der Waals surface area contributed by atoms with Crippen LogP contribution in [0.3, 0.4) is 0 Å². The fraction of sp³-hybridized carbons (Fsp3) is 0.882. The van der Waals surface area contributed by atoms with E-state index in [0.717, 1.165) is 39.0 Å². The van der Waals surface area contributed by atoms with Crippen LogP contribution in [0.4, 0.5) is 4.79 Å². The lowest BCUT2D eigenvalue weighted by Gasteiger charge is -2.47. The van der Waals surface area contributed by atoms with Gasteiger partial charge in [-0.1, -0.05) is 0 Å². The van der Waals surface area contributed by atoms with Gasteiger partial charge in [0.2, 0.25) is 0 Å². The van der Waals surface area contributed by atoms with Crippen molar-refractivity contribution in [2.24, 2.45) is 5.92 Å². The Balaban J connectivity index is 1.66. The van der Waals surface area contributed by atoms with E-state index in [4.69, 9.17) is 9.47 Å². The van der Waals surface area contributed by atoms with E-state index in [2.05, 4.69) is 4.90 Å². The third kappa shape index (κ3) is 5.37. The van der Waals surface area contributed by atoms with E-state index in [9.17, 15) is 9.59 Å². The first-order valence-corrected chi connectivity index (χ1v) is 8.66. The molecule has 0 spiro atoms. The zero-order valence-corrected chi connectivity index (χ0v) is 14.8. The highest BCUT2D eigenvalue weighted by Crippen LogP contribution is 2.26. The molecule has 2 rings (SSSR count). The highest BCUT2D eigenvalue weighted by Gasteiger charge is 2.38. The van der Waals surface area contributed by atoms with E-state index < -0.39 is 5.60 Å². The number of carbonyl (C=O) groups excluding carboxylic acids is 2. The molecule has 0 radical (unpaired) electrons. The zero-order chi connectivity index (χ0) is 17.0. The lowest BCUT2D eigenvalue weighted by molar-refractivity contribution is -0.144. The molecule has 0 N–H and O–H groups in total. The molecule has 1 amide bonds. The molecule has 2 saturated heterocycles. The van der Waals surface area contributed by atoms with Crippen LogP contribution in [0.1, 0.15) is 47.0 Å². The third-order valence-corrected chi connectivity index (χ3v) is 4.44. The van der Waals surface area contributed by atoms with Crippen molar-refractivity contribution in [3.63, 3.8) is 0 Å². The second-order valence-corrected chi connectivity index (χ2v) is 7.53. The van der Waals surface area contributed by atoms with Gasteiger partial charge in [0.1, 0.15) is 5.60 Å². The van der Waals surface area contributed by atoms with Crippen LogP contribution >= 0.6 is 0 Å². The molecule has 2 aliphatic rings. The number of ether oxygens (including phenoxy) is 2. The average molecular weight is 326 g/mol. The van der Waals surface area contributed by atoms with Crippen LogP contribution < -0.4 is 0 Å². The van der Waals surface area contributed by atoms with Gasteiger partial charge in [-0.15, -0.1) is 0 Å². The Labute approximate surface area is 139 Å². The van der Waals surface area contributed by atoms with Gasteiger partial charge in [0.15, 0.2) is 0 Å². The van der Waals surface area contributed by atoms with Crippen LogP contribution in [0.2, 0.25) is 0 Å². The summed E-state index contributed by atoms with van der Waals surface area (Å²) in [5.41, 5.74) is -0.437.